The molecule has 1 heterocycles. The number of nitrogen functional groups attached to an aromatic ring is 1. The smallest absolute Gasteiger partial charge is 0.343 e. The number of anilines is 2. The minimum Gasteiger partial charge on any atom is -0.457 e. The van der Waals surface area contributed by atoms with Crippen LogP contribution in [-0.2, 0) is 11.3 Å². The molecule has 3 N–H and O–H groups in total. The molecule has 0 aliphatic heterocycles. The monoisotopic (exact) mass is 258 g/mol. The zero-order valence-corrected chi connectivity index (χ0v) is 10.5. The molecule has 0 amide bonds. The molecule has 0 unspecified atom stereocenters. The number of hydrogen-bond donors (Lipinski definition) is 2. The van der Waals surface area contributed by atoms with E-state index in [0.717, 1.165) is 5.56 Å². The molecule has 0 atom stereocenters. The molecule has 2 aromatic rings. The van der Waals surface area contributed by atoms with Crippen molar-refractivity contribution in [1.29, 1.82) is 0 Å². The van der Waals surface area contributed by atoms with Crippen molar-refractivity contribution in [2.24, 2.45) is 0 Å². The Morgan fingerprint density at radius 3 is 2.74 bits per heavy atom. The van der Waals surface area contributed by atoms with Gasteiger partial charge in [0.2, 0.25) is 5.95 Å². The van der Waals surface area contributed by atoms with Crippen LogP contribution in [0.25, 0.3) is 0 Å². The summed E-state index contributed by atoms with van der Waals surface area (Å²) in [6.07, 6.45) is 1.35. The quantitative estimate of drug-likeness (QED) is 0.807. The maximum atomic E-state index is 11.8. The van der Waals surface area contributed by atoms with E-state index in [1.165, 1.54) is 6.20 Å². The summed E-state index contributed by atoms with van der Waals surface area (Å²) in [4.78, 5) is 19.7. The molecule has 6 heteroatoms. The number of ether oxygens (including phenoxy) is 1. The van der Waals surface area contributed by atoms with Gasteiger partial charge in [-0.1, -0.05) is 30.3 Å². The fourth-order valence-corrected chi connectivity index (χ4v) is 1.47. The highest BCUT2D eigenvalue weighted by molar-refractivity contribution is 5.93. The Morgan fingerprint density at radius 2 is 2.11 bits per heavy atom. The average Bonchev–Trinajstić information content (AvgIpc) is 2.45. The Kier molecular flexibility index (Phi) is 3.92. The first-order valence-corrected chi connectivity index (χ1v) is 5.72. The molecule has 1 aromatic carbocycles. The van der Waals surface area contributed by atoms with Gasteiger partial charge in [0.15, 0.2) is 0 Å². The summed E-state index contributed by atoms with van der Waals surface area (Å²) >= 11 is 0. The van der Waals surface area contributed by atoms with Crippen molar-refractivity contribution in [3.8, 4) is 0 Å². The molecular weight excluding hydrogens is 244 g/mol. The van der Waals surface area contributed by atoms with E-state index in [9.17, 15) is 4.79 Å². The minimum atomic E-state index is -0.538. The average molecular weight is 258 g/mol. The number of hydrogen-bond acceptors (Lipinski definition) is 6. The van der Waals surface area contributed by atoms with Gasteiger partial charge in [-0.05, 0) is 5.56 Å². The number of nitrogens with two attached hydrogens (primary N) is 1. The third-order valence-corrected chi connectivity index (χ3v) is 2.47. The fourth-order valence-electron chi connectivity index (χ4n) is 1.47. The van der Waals surface area contributed by atoms with E-state index in [0.29, 0.717) is 5.95 Å². The lowest BCUT2D eigenvalue weighted by molar-refractivity contribution is 0.0473. The largest absolute Gasteiger partial charge is 0.457 e. The van der Waals surface area contributed by atoms with E-state index in [1.54, 1.807) is 7.05 Å². The standard InChI is InChI=1S/C13H14N4O2/c1-15-13-16-7-10(11(14)17-13)12(18)19-8-9-5-3-2-4-6-9/h2-7H,8H2,1H3,(H3,14,15,16,17). The minimum absolute atomic E-state index is 0.0948. The summed E-state index contributed by atoms with van der Waals surface area (Å²) < 4.78 is 5.15. The molecule has 0 saturated carbocycles. The Morgan fingerprint density at radius 1 is 1.37 bits per heavy atom. The molecule has 0 spiro atoms. The van der Waals surface area contributed by atoms with Crippen molar-refractivity contribution < 1.29 is 9.53 Å². The first kappa shape index (κ1) is 12.8. The van der Waals surface area contributed by atoms with Crippen LogP contribution < -0.4 is 11.1 Å². The number of nitrogens with one attached hydrogen (secondary N) is 1. The van der Waals surface area contributed by atoms with Gasteiger partial charge in [-0.15, -0.1) is 0 Å². The van der Waals surface area contributed by atoms with Crippen molar-refractivity contribution in [3.05, 3.63) is 47.7 Å². The van der Waals surface area contributed by atoms with Gasteiger partial charge >= 0.3 is 5.97 Å². The van der Waals surface area contributed by atoms with Crippen molar-refractivity contribution in [2.75, 3.05) is 18.1 Å². The van der Waals surface area contributed by atoms with E-state index in [1.807, 2.05) is 30.3 Å². The highest BCUT2D eigenvalue weighted by Gasteiger charge is 2.13. The molecule has 0 radical (unpaired) electrons. The second-order valence-electron chi connectivity index (χ2n) is 3.80. The summed E-state index contributed by atoms with van der Waals surface area (Å²) in [7, 11) is 1.67. The van der Waals surface area contributed by atoms with E-state index in [-0.39, 0.29) is 18.0 Å². The van der Waals surface area contributed by atoms with Crippen LogP contribution in [0.4, 0.5) is 11.8 Å². The Bertz CT molecular complexity index is 572. The Hall–Kier alpha value is -2.63. The first-order valence-electron chi connectivity index (χ1n) is 5.72. The van der Waals surface area contributed by atoms with Gasteiger partial charge in [-0.25, -0.2) is 9.78 Å². The van der Waals surface area contributed by atoms with E-state index in [4.69, 9.17) is 10.5 Å². The van der Waals surface area contributed by atoms with Crippen molar-refractivity contribution >= 4 is 17.7 Å². The van der Waals surface area contributed by atoms with Crippen molar-refractivity contribution in [2.45, 2.75) is 6.61 Å². The molecule has 0 aliphatic carbocycles. The van der Waals surface area contributed by atoms with Gasteiger partial charge in [0.1, 0.15) is 18.0 Å². The van der Waals surface area contributed by atoms with Gasteiger partial charge in [0, 0.05) is 13.2 Å². The van der Waals surface area contributed by atoms with Gasteiger partial charge in [0.05, 0.1) is 0 Å². The van der Waals surface area contributed by atoms with Crippen LogP contribution in [0.5, 0.6) is 0 Å². The van der Waals surface area contributed by atoms with Crippen LogP contribution >= 0.6 is 0 Å². The van der Waals surface area contributed by atoms with Gasteiger partial charge in [-0.3, -0.25) is 0 Å². The maximum Gasteiger partial charge on any atom is 0.343 e. The van der Waals surface area contributed by atoms with Crippen LogP contribution in [0.2, 0.25) is 0 Å². The third kappa shape index (κ3) is 3.19. The molecule has 6 nitrogen and oxygen atoms in total. The predicted octanol–water partition coefficient (Wildman–Crippen LogP) is 1.46. The summed E-state index contributed by atoms with van der Waals surface area (Å²) in [6.45, 7) is 0.187. The summed E-state index contributed by atoms with van der Waals surface area (Å²) in [6, 6.07) is 9.40. The van der Waals surface area contributed by atoms with Crippen molar-refractivity contribution in [1.82, 2.24) is 9.97 Å². The number of carbonyl (C=O) groups is 1. The highest BCUT2D eigenvalue weighted by atomic mass is 16.5. The molecule has 0 saturated heterocycles. The summed E-state index contributed by atoms with van der Waals surface area (Å²) in [5.74, 6) is -0.0847. The molecule has 0 bridgehead atoms. The normalized spacial score (nSPS) is 9.95. The second-order valence-corrected chi connectivity index (χ2v) is 3.80. The third-order valence-electron chi connectivity index (χ3n) is 2.47. The van der Waals surface area contributed by atoms with E-state index < -0.39 is 5.97 Å². The van der Waals surface area contributed by atoms with Gasteiger partial charge in [0.25, 0.3) is 0 Å². The number of benzene rings is 1. The SMILES string of the molecule is CNc1ncc(C(=O)OCc2ccccc2)c(N)n1. The topological polar surface area (TPSA) is 90.1 Å². The predicted molar refractivity (Wildman–Crippen MR) is 71.6 cm³/mol. The van der Waals surface area contributed by atoms with Gasteiger partial charge in [-0.2, -0.15) is 4.98 Å². The lowest BCUT2D eigenvalue weighted by Gasteiger charge is -2.07. The molecule has 1 aromatic heterocycles. The van der Waals surface area contributed by atoms with Crippen LogP contribution in [0.1, 0.15) is 15.9 Å². The molecule has 2 rings (SSSR count). The molecular formula is C13H14N4O2. The zero-order chi connectivity index (χ0) is 13.7. The Balaban J connectivity index is 2.04. The lowest BCUT2D eigenvalue weighted by Crippen LogP contribution is -2.11. The second kappa shape index (κ2) is 5.81. The first-order chi connectivity index (χ1) is 9.20. The number of nitrogens with zero attached hydrogens (tertiary/aromatic N) is 2. The number of aromatic nitrogens is 2. The lowest BCUT2D eigenvalue weighted by atomic mass is 10.2. The molecule has 19 heavy (non-hydrogen) atoms. The summed E-state index contributed by atoms with van der Waals surface area (Å²) in [5, 5.41) is 2.74. The Labute approximate surface area is 110 Å². The maximum absolute atomic E-state index is 11.8. The zero-order valence-electron chi connectivity index (χ0n) is 10.5. The number of rotatable bonds is 4. The van der Waals surface area contributed by atoms with Crippen LogP contribution in [0.15, 0.2) is 36.5 Å². The van der Waals surface area contributed by atoms with E-state index in [2.05, 4.69) is 15.3 Å². The highest BCUT2D eigenvalue weighted by Crippen LogP contribution is 2.12. The summed E-state index contributed by atoms with van der Waals surface area (Å²) in [5.41, 5.74) is 6.74. The number of esters is 1. The number of carbonyl (C=O) groups excluding carboxylic acids is 1. The fraction of sp³-hybridized carbons (Fsp3) is 0.154. The van der Waals surface area contributed by atoms with Crippen LogP contribution in [0.3, 0.4) is 0 Å². The van der Waals surface area contributed by atoms with Gasteiger partial charge < -0.3 is 15.8 Å². The van der Waals surface area contributed by atoms with E-state index >= 15 is 0 Å². The molecule has 0 fully saturated rings. The van der Waals surface area contributed by atoms with Crippen LogP contribution in [0, 0.1) is 0 Å². The molecule has 98 valence electrons. The van der Waals surface area contributed by atoms with Crippen LogP contribution in [-0.4, -0.2) is 23.0 Å². The van der Waals surface area contributed by atoms with Crippen molar-refractivity contribution in [3.63, 3.8) is 0 Å². The molecule has 0 aliphatic rings.